The molecule has 0 saturated heterocycles. The van der Waals surface area contributed by atoms with Gasteiger partial charge < -0.3 is 24.1 Å². The molecule has 2 rings (SSSR count). The number of carbonyl (C=O) groups is 1. The SMILES string of the molecule is COc1cc(/C=C\c2cc(O)c(OC)c(N=CCC(C)=O)c2)cc(OC)c1OC. The molecule has 154 valence electrons. The van der Waals surface area contributed by atoms with Crippen molar-refractivity contribution in [3.63, 3.8) is 0 Å². The van der Waals surface area contributed by atoms with Crippen molar-refractivity contribution >= 4 is 29.8 Å². The van der Waals surface area contributed by atoms with E-state index in [1.165, 1.54) is 20.2 Å². The van der Waals surface area contributed by atoms with E-state index in [0.29, 0.717) is 28.5 Å². The second-order valence-corrected chi connectivity index (χ2v) is 6.10. The lowest BCUT2D eigenvalue weighted by Gasteiger charge is -2.13. The van der Waals surface area contributed by atoms with Gasteiger partial charge in [0.05, 0.1) is 28.4 Å². The third-order valence-corrected chi connectivity index (χ3v) is 4.04. The van der Waals surface area contributed by atoms with Gasteiger partial charge in [0.25, 0.3) is 0 Å². The van der Waals surface area contributed by atoms with Gasteiger partial charge in [-0.1, -0.05) is 12.2 Å². The smallest absolute Gasteiger partial charge is 0.203 e. The molecule has 2 aromatic carbocycles. The number of ether oxygens (including phenoxy) is 4. The molecule has 7 nitrogen and oxygen atoms in total. The molecular formula is C22H25NO6. The van der Waals surface area contributed by atoms with E-state index in [0.717, 1.165) is 5.56 Å². The fourth-order valence-corrected chi connectivity index (χ4v) is 2.68. The lowest BCUT2D eigenvalue weighted by molar-refractivity contribution is -0.115. The molecule has 0 atom stereocenters. The van der Waals surface area contributed by atoms with E-state index in [9.17, 15) is 9.90 Å². The van der Waals surface area contributed by atoms with Crippen molar-refractivity contribution in [2.75, 3.05) is 28.4 Å². The Bertz CT molecular complexity index is 908. The second kappa shape index (κ2) is 10.2. The highest BCUT2D eigenvalue weighted by atomic mass is 16.5. The molecule has 0 unspecified atom stereocenters. The second-order valence-electron chi connectivity index (χ2n) is 6.10. The Labute approximate surface area is 170 Å². The first-order chi connectivity index (χ1) is 13.9. The van der Waals surface area contributed by atoms with Crippen molar-refractivity contribution < 1.29 is 28.8 Å². The summed E-state index contributed by atoms with van der Waals surface area (Å²) in [5.74, 6) is 1.79. The van der Waals surface area contributed by atoms with Crippen LogP contribution in [-0.4, -0.2) is 45.5 Å². The maximum atomic E-state index is 11.1. The highest BCUT2D eigenvalue weighted by Gasteiger charge is 2.13. The van der Waals surface area contributed by atoms with E-state index < -0.39 is 0 Å². The predicted octanol–water partition coefficient (Wildman–Crippen LogP) is 4.28. The van der Waals surface area contributed by atoms with E-state index in [1.54, 1.807) is 33.5 Å². The Morgan fingerprint density at radius 3 is 1.93 bits per heavy atom. The number of Topliss-reactive ketones (excluding diaryl/α,β-unsaturated/α-hetero) is 1. The van der Waals surface area contributed by atoms with Crippen LogP contribution in [0.15, 0.2) is 29.3 Å². The Balaban J connectivity index is 2.41. The van der Waals surface area contributed by atoms with Gasteiger partial charge in [0.1, 0.15) is 11.5 Å². The summed E-state index contributed by atoms with van der Waals surface area (Å²) in [5, 5.41) is 10.3. The average Bonchev–Trinajstić information content (AvgIpc) is 2.70. The summed E-state index contributed by atoms with van der Waals surface area (Å²) in [7, 11) is 6.10. The molecule has 7 heteroatoms. The highest BCUT2D eigenvalue weighted by Crippen LogP contribution is 2.40. The Kier molecular flexibility index (Phi) is 7.65. The van der Waals surface area contributed by atoms with Gasteiger partial charge in [0.2, 0.25) is 5.75 Å². The number of aromatic hydroxyl groups is 1. The zero-order chi connectivity index (χ0) is 21.4. The topological polar surface area (TPSA) is 86.6 Å². The summed E-state index contributed by atoms with van der Waals surface area (Å²) in [4.78, 5) is 15.4. The van der Waals surface area contributed by atoms with Crippen LogP contribution in [0.2, 0.25) is 0 Å². The monoisotopic (exact) mass is 399 g/mol. The third kappa shape index (κ3) is 5.51. The predicted molar refractivity (Wildman–Crippen MR) is 113 cm³/mol. The summed E-state index contributed by atoms with van der Waals surface area (Å²) in [6, 6.07) is 6.95. The van der Waals surface area contributed by atoms with Gasteiger partial charge in [0.15, 0.2) is 23.0 Å². The zero-order valence-electron chi connectivity index (χ0n) is 17.2. The van der Waals surface area contributed by atoms with Crippen LogP contribution < -0.4 is 18.9 Å². The Hall–Kier alpha value is -3.48. The molecule has 1 N–H and O–H groups in total. The number of benzene rings is 2. The number of hydrogen-bond donors (Lipinski definition) is 1. The lowest BCUT2D eigenvalue weighted by atomic mass is 10.1. The number of phenolic OH excluding ortho intramolecular Hbond substituents is 1. The summed E-state index contributed by atoms with van der Waals surface area (Å²) in [5.41, 5.74) is 1.95. The first kappa shape index (κ1) is 21.8. The molecule has 0 aliphatic heterocycles. The number of rotatable bonds is 9. The van der Waals surface area contributed by atoms with Crippen LogP contribution in [0.3, 0.4) is 0 Å². The van der Waals surface area contributed by atoms with Gasteiger partial charge >= 0.3 is 0 Å². The van der Waals surface area contributed by atoms with Gasteiger partial charge in [-0.15, -0.1) is 0 Å². The number of phenols is 1. The van der Waals surface area contributed by atoms with Crippen LogP contribution in [0.5, 0.6) is 28.7 Å². The summed E-state index contributed by atoms with van der Waals surface area (Å²) < 4.78 is 21.3. The van der Waals surface area contributed by atoms with Crippen LogP contribution in [0.1, 0.15) is 24.5 Å². The normalized spacial score (nSPS) is 11.1. The van der Waals surface area contributed by atoms with E-state index >= 15 is 0 Å². The maximum absolute atomic E-state index is 11.1. The van der Waals surface area contributed by atoms with Crippen molar-refractivity contribution in [1.82, 2.24) is 0 Å². The molecule has 0 fully saturated rings. The first-order valence-electron chi connectivity index (χ1n) is 8.84. The highest BCUT2D eigenvalue weighted by molar-refractivity contribution is 5.91. The molecule has 29 heavy (non-hydrogen) atoms. The summed E-state index contributed by atoms with van der Waals surface area (Å²) >= 11 is 0. The third-order valence-electron chi connectivity index (χ3n) is 4.04. The molecule has 0 aliphatic rings. The standard InChI is InChI=1S/C22H25NO6/c1-14(24)8-9-23-17-10-15(11-18(25)21(17)28-4)6-7-16-12-19(26-2)22(29-5)20(13-16)27-3/h6-7,9-13,25H,8H2,1-5H3/b7-6-,23-9?. The van der Waals surface area contributed by atoms with Crippen molar-refractivity contribution in [3.8, 4) is 28.7 Å². The Morgan fingerprint density at radius 1 is 0.897 bits per heavy atom. The fourth-order valence-electron chi connectivity index (χ4n) is 2.68. The summed E-state index contributed by atoms with van der Waals surface area (Å²) in [6.07, 6.45) is 5.35. The van der Waals surface area contributed by atoms with Crippen molar-refractivity contribution in [2.45, 2.75) is 13.3 Å². The number of aliphatic imine (C=N–C) groups is 1. The minimum absolute atomic E-state index is 0.00427. The van der Waals surface area contributed by atoms with E-state index in [4.69, 9.17) is 18.9 Å². The van der Waals surface area contributed by atoms with Crippen molar-refractivity contribution in [3.05, 3.63) is 35.4 Å². The van der Waals surface area contributed by atoms with Gasteiger partial charge in [0, 0.05) is 12.6 Å². The van der Waals surface area contributed by atoms with Gasteiger partial charge in [-0.3, -0.25) is 9.79 Å². The number of carbonyl (C=O) groups excluding carboxylic acids is 1. The molecule has 0 aromatic heterocycles. The number of methoxy groups -OCH3 is 4. The lowest BCUT2D eigenvalue weighted by Crippen LogP contribution is -1.95. The number of nitrogens with zero attached hydrogens (tertiary/aromatic N) is 1. The van der Waals surface area contributed by atoms with Gasteiger partial charge in [-0.25, -0.2) is 0 Å². The molecule has 0 heterocycles. The molecule has 0 aliphatic carbocycles. The van der Waals surface area contributed by atoms with E-state index in [2.05, 4.69) is 4.99 Å². The molecule has 0 saturated carbocycles. The largest absolute Gasteiger partial charge is 0.504 e. The van der Waals surface area contributed by atoms with Crippen molar-refractivity contribution in [1.29, 1.82) is 0 Å². The van der Waals surface area contributed by atoms with Crippen LogP contribution in [0.25, 0.3) is 12.2 Å². The molecular weight excluding hydrogens is 374 g/mol. The molecule has 0 bridgehead atoms. The van der Waals surface area contributed by atoms with Crippen LogP contribution >= 0.6 is 0 Å². The van der Waals surface area contributed by atoms with E-state index in [1.807, 2.05) is 24.3 Å². The maximum Gasteiger partial charge on any atom is 0.203 e. The van der Waals surface area contributed by atoms with Crippen LogP contribution in [0, 0.1) is 0 Å². The van der Waals surface area contributed by atoms with Gasteiger partial charge in [-0.2, -0.15) is 0 Å². The molecule has 0 amide bonds. The zero-order valence-corrected chi connectivity index (χ0v) is 17.2. The molecule has 0 spiro atoms. The van der Waals surface area contributed by atoms with Gasteiger partial charge in [-0.05, 0) is 42.3 Å². The minimum atomic E-state index is -0.0467. The average molecular weight is 399 g/mol. The van der Waals surface area contributed by atoms with E-state index in [-0.39, 0.29) is 23.7 Å². The quantitative estimate of drug-likeness (QED) is 0.500. The minimum Gasteiger partial charge on any atom is -0.504 e. The van der Waals surface area contributed by atoms with Crippen molar-refractivity contribution in [2.24, 2.45) is 4.99 Å². The summed E-state index contributed by atoms with van der Waals surface area (Å²) in [6.45, 7) is 1.48. The molecule has 2 aromatic rings. The molecule has 0 radical (unpaired) electrons. The first-order valence-corrected chi connectivity index (χ1v) is 8.84. The van der Waals surface area contributed by atoms with Crippen LogP contribution in [-0.2, 0) is 4.79 Å². The van der Waals surface area contributed by atoms with Crippen LogP contribution in [0.4, 0.5) is 5.69 Å². The number of hydrogen-bond acceptors (Lipinski definition) is 7. The Morgan fingerprint density at radius 2 is 1.45 bits per heavy atom. The fraction of sp³-hybridized carbons (Fsp3) is 0.273. The number of ketones is 1.